The second kappa shape index (κ2) is 5.72. The normalized spacial score (nSPS) is 16.6. The summed E-state index contributed by atoms with van der Waals surface area (Å²) in [6.45, 7) is 0.478. The van der Waals surface area contributed by atoms with Gasteiger partial charge in [-0.25, -0.2) is 0 Å². The zero-order valence-corrected chi connectivity index (χ0v) is 11.1. The molecule has 4 heteroatoms. The molecule has 0 aromatic heterocycles. The summed E-state index contributed by atoms with van der Waals surface area (Å²) < 4.78 is 5.05. The van der Waals surface area contributed by atoms with Crippen LogP contribution >= 0.6 is 11.6 Å². The Bertz CT molecular complexity index is 441. The molecule has 1 aliphatic carbocycles. The highest BCUT2D eigenvalue weighted by Crippen LogP contribution is 2.45. The molecule has 18 heavy (non-hydrogen) atoms. The number of aliphatic carboxylic acids is 1. The van der Waals surface area contributed by atoms with Gasteiger partial charge < -0.3 is 9.84 Å². The lowest BCUT2D eigenvalue weighted by Gasteiger charge is -2.16. The first-order valence-electron chi connectivity index (χ1n) is 6.11. The molecular weight excluding hydrogens is 252 g/mol. The van der Waals surface area contributed by atoms with Gasteiger partial charge in [0.1, 0.15) is 0 Å². The summed E-state index contributed by atoms with van der Waals surface area (Å²) in [6.07, 6.45) is 2.43. The van der Waals surface area contributed by atoms with E-state index in [9.17, 15) is 4.79 Å². The van der Waals surface area contributed by atoms with Crippen molar-refractivity contribution in [3.8, 4) is 0 Å². The number of halogens is 1. The fourth-order valence-electron chi connectivity index (χ4n) is 2.31. The van der Waals surface area contributed by atoms with E-state index in [1.165, 1.54) is 0 Å². The van der Waals surface area contributed by atoms with E-state index in [0.717, 1.165) is 24.0 Å². The highest BCUT2D eigenvalue weighted by molar-refractivity contribution is 6.31. The van der Waals surface area contributed by atoms with E-state index in [4.69, 9.17) is 21.4 Å². The van der Waals surface area contributed by atoms with Crippen LogP contribution < -0.4 is 0 Å². The van der Waals surface area contributed by atoms with Crippen LogP contribution in [0.4, 0.5) is 0 Å². The second-order valence-electron chi connectivity index (χ2n) is 4.83. The van der Waals surface area contributed by atoms with Gasteiger partial charge in [-0.1, -0.05) is 23.7 Å². The summed E-state index contributed by atoms with van der Waals surface area (Å²) in [5.74, 6) is -0.147. The lowest BCUT2D eigenvalue weighted by molar-refractivity contribution is -0.137. The Labute approximate surface area is 112 Å². The van der Waals surface area contributed by atoms with Crippen LogP contribution in [0.5, 0.6) is 0 Å². The third kappa shape index (κ3) is 3.24. The summed E-state index contributed by atoms with van der Waals surface area (Å²) in [6, 6.07) is 5.80. The molecular formula is C14H17ClO3. The van der Waals surface area contributed by atoms with Crippen molar-refractivity contribution in [3.05, 3.63) is 34.3 Å². The molecule has 98 valence electrons. The number of hydrogen-bond donors (Lipinski definition) is 1. The summed E-state index contributed by atoms with van der Waals surface area (Å²) in [5, 5.41) is 9.63. The van der Waals surface area contributed by atoms with Crippen molar-refractivity contribution in [3.63, 3.8) is 0 Å². The quantitative estimate of drug-likeness (QED) is 0.859. The number of carbonyl (C=O) groups is 1. The van der Waals surface area contributed by atoms with E-state index in [1.807, 2.05) is 18.2 Å². The number of hydrogen-bond acceptors (Lipinski definition) is 2. The zero-order valence-electron chi connectivity index (χ0n) is 10.4. The van der Waals surface area contributed by atoms with Gasteiger partial charge in [-0.2, -0.15) is 0 Å². The lowest BCUT2D eigenvalue weighted by Crippen LogP contribution is -2.08. The molecule has 1 aliphatic rings. The fraction of sp³-hybridized carbons (Fsp3) is 0.500. The van der Waals surface area contributed by atoms with Crippen molar-refractivity contribution in [1.29, 1.82) is 0 Å². The van der Waals surface area contributed by atoms with E-state index in [2.05, 4.69) is 0 Å². The van der Waals surface area contributed by atoms with E-state index in [1.54, 1.807) is 7.11 Å². The van der Waals surface area contributed by atoms with Crippen LogP contribution in [0.1, 0.15) is 36.3 Å². The van der Waals surface area contributed by atoms with Gasteiger partial charge in [0.15, 0.2) is 0 Å². The van der Waals surface area contributed by atoms with Gasteiger partial charge in [0.25, 0.3) is 0 Å². The van der Waals surface area contributed by atoms with Crippen molar-refractivity contribution in [2.75, 3.05) is 7.11 Å². The molecule has 3 nitrogen and oxygen atoms in total. The van der Waals surface area contributed by atoms with Gasteiger partial charge in [-0.15, -0.1) is 0 Å². The average molecular weight is 269 g/mol. The molecule has 1 atom stereocenters. The molecule has 0 saturated heterocycles. The summed E-state index contributed by atoms with van der Waals surface area (Å²) in [5.41, 5.74) is 1.97. The highest BCUT2D eigenvalue weighted by atomic mass is 35.5. The Morgan fingerprint density at radius 1 is 1.56 bits per heavy atom. The van der Waals surface area contributed by atoms with Crippen molar-refractivity contribution >= 4 is 17.6 Å². The SMILES string of the molecule is COCc1ccc(C(CC(=O)O)C2CC2)cc1Cl. The predicted molar refractivity (Wildman–Crippen MR) is 69.9 cm³/mol. The summed E-state index contributed by atoms with van der Waals surface area (Å²) in [4.78, 5) is 10.9. The Morgan fingerprint density at radius 2 is 2.28 bits per heavy atom. The maximum atomic E-state index is 10.9. The molecule has 0 radical (unpaired) electrons. The molecule has 0 bridgehead atoms. The molecule has 1 aromatic carbocycles. The standard InChI is InChI=1S/C14H17ClO3/c1-18-8-11-5-4-10(6-13(11)15)12(7-14(16)17)9-2-3-9/h4-6,9,12H,2-3,7-8H2,1H3,(H,16,17). The van der Waals surface area contributed by atoms with E-state index >= 15 is 0 Å². The Morgan fingerprint density at radius 3 is 2.78 bits per heavy atom. The van der Waals surface area contributed by atoms with Crippen LogP contribution in [-0.2, 0) is 16.1 Å². The van der Waals surface area contributed by atoms with Crippen molar-refractivity contribution in [1.82, 2.24) is 0 Å². The van der Waals surface area contributed by atoms with Crippen LogP contribution in [0.3, 0.4) is 0 Å². The maximum absolute atomic E-state index is 10.9. The smallest absolute Gasteiger partial charge is 0.303 e. The van der Waals surface area contributed by atoms with Crippen LogP contribution in [0.15, 0.2) is 18.2 Å². The summed E-state index contributed by atoms with van der Waals surface area (Å²) >= 11 is 6.19. The van der Waals surface area contributed by atoms with Crippen molar-refractivity contribution in [2.24, 2.45) is 5.92 Å². The van der Waals surface area contributed by atoms with Crippen LogP contribution in [0.2, 0.25) is 5.02 Å². The molecule has 0 heterocycles. The Kier molecular flexibility index (Phi) is 4.25. The molecule has 1 unspecified atom stereocenters. The molecule has 0 spiro atoms. The van der Waals surface area contributed by atoms with Gasteiger partial charge >= 0.3 is 5.97 Å². The van der Waals surface area contributed by atoms with Crippen molar-refractivity contribution in [2.45, 2.75) is 31.8 Å². The zero-order chi connectivity index (χ0) is 13.1. The average Bonchev–Trinajstić information content (AvgIpc) is 3.13. The highest BCUT2D eigenvalue weighted by Gasteiger charge is 2.33. The lowest BCUT2D eigenvalue weighted by atomic mass is 9.90. The van der Waals surface area contributed by atoms with Gasteiger partial charge in [0.05, 0.1) is 13.0 Å². The van der Waals surface area contributed by atoms with Crippen molar-refractivity contribution < 1.29 is 14.6 Å². The Balaban J connectivity index is 2.19. The predicted octanol–water partition coefficient (Wildman–Crippen LogP) is 3.45. The van der Waals surface area contributed by atoms with Gasteiger partial charge in [0.2, 0.25) is 0 Å². The molecule has 1 fully saturated rings. The van der Waals surface area contributed by atoms with Crippen LogP contribution in [0, 0.1) is 5.92 Å². The van der Waals surface area contributed by atoms with E-state index in [0.29, 0.717) is 17.5 Å². The first kappa shape index (κ1) is 13.4. The number of ether oxygens (including phenoxy) is 1. The molecule has 1 aromatic rings. The van der Waals surface area contributed by atoms with Crippen LogP contribution in [-0.4, -0.2) is 18.2 Å². The molecule has 0 amide bonds. The van der Waals surface area contributed by atoms with Gasteiger partial charge in [0, 0.05) is 12.1 Å². The number of methoxy groups -OCH3 is 1. The first-order chi connectivity index (χ1) is 8.61. The van der Waals surface area contributed by atoms with E-state index in [-0.39, 0.29) is 12.3 Å². The number of rotatable bonds is 6. The molecule has 1 N–H and O–H groups in total. The Hall–Kier alpha value is -1.06. The molecule has 1 saturated carbocycles. The monoisotopic (exact) mass is 268 g/mol. The van der Waals surface area contributed by atoms with Gasteiger partial charge in [-0.05, 0) is 41.9 Å². The second-order valence-corrected chi connectivity index (χ2v) is 5.23. The fourth-order valence-corrected chi connectivity index (χ4v) is 2.55. The largest absolute Gasteiger partial charge is 0.481 e. The van der Waals surface area contributed by atoms with E-state index < -0.39 is 5.97 Å². The minimum atomic E-state index is -0.746. The third-order valence-corrected chi connectivity index (χ3v) is 3.74. The number of carboxylic acids is 1. The van der Waals surface area contributed by atoms with Crippen LogP contribution in [0.25, 0.3) is 0 Å². The number of benzene rings is 1. The summed E-state index contributed by atoms with van der Waals surface area (Å²) in [7, 11) is 1.63. The minimum Gasteiger partial charge on any atom is -0.481 e. The third-order valence-electron chi connectivity index (χ3n) is 3.39. The van der Waals surface area contributed by atoms with Gasteiger partial charge in [-0.3, -0.25) is 4.79 Å². The first-order valence-corrected chi connectivity index (χ1v) is 6.48. The molecule has 0 aliphatic heterocycles. The topological polar surface area (TPSA) is 46.5 Å². The minimum absolute atomic E-state index is 0.0941. The maximum Gasteiger partial charge on any atom is 0.303 e. The molecule has 2 rings (SSSR count). The number of carboxylic acid groups (broad SMARTS) is 1.